The summed E-state index contributed by atoms with van der Waals surface area (Å²) in [5.41, 5.74) is 0.225. The van der Waals surface area contributed by atoms with E-state index in [0.717, 1.165) is 6.42 Å². The monoisotopic (exact) mass is 180 g/mol. The van der Waals surface area contributed by atoms with Gasteiger partial charge in [0.15, 0.2) is 0 Å². The molecule has 0 fully saturated rings. The van der Waals surface area contributed by atoms with Crippen LogP contribution in [0.2, 0.25) is 0 Å². The van der Waals surface area contributed by atoms with Gasteiger partial charge in [0, 0.05) is 0 Å². The van der Waals surface area contributed by atoms with Gasteiger partial charge in [0.25, 0.3) is 0 Å². The molecule has 0 radical (unpaired) electrons. The molecule has 1 nitrogen and oxygen atoms in total. The van der Waals surface area contributed by atoms with E-state index in [4.69, 9.17) is 5.11 Å². The number of hydrogen-bond donors (Lipinski definition) is 1. The van der Waals surface area contributed by atoms with E-state index in [2.05, 4.69) is 36.7 Å². The Morgan fingerprint density at radius 1 is 1.50 bits per heavy atom. The molecule has 0 saturated heterocycles. The number of aliphatic hydroxyl groups is 1. The first kappa shape index (κ1) is 8.44. The van der Waals surface area contributed by atoms with Gasteiger partial charge >= 0.3 is 0 Å². The summed E-state index contributed by atoms with van der Waals surface area (Å²) in [6.45, 7) is 6.28. The highest BCUT2D eigenvalue weighted by Crippen LogP contribution is 2.22. The molecule has 1 atom stereocenters. The molecule has 0 aliphatic rings. The van der Waals surface area contributed by atoms with Crippen molar-refractivity contribution < 1.29 is 5.11 Å². The minimum Gasteiger partial charge on any atom is -0.382 e. The normalized spacial score (nSPS) is 16.1. The maximum absolute atomic E-state index is 8.80. The lowest BCUT2D eigenvalue weighted by molar-refractivity contribution is 0.201. The summed E-state index contributed by atoms with van der Waals surface area (Å²) >= 11 is 3.07. The lowest BCUT2D eigenvalue weighted by atomic mass is 9.93. The van der Waals surface area contributed by atoms with E-state index >= 15 is 0 Å². The fourth-order valence-electron chi connectivity index (χ4n) is 0.505. The lowest BCUT2D eigenvalue weighted by Gasteiger charge is -2.18. The smallest absolute Gasteiger partial charge is 0.109 e. The number of alkyl halides is 1. The van der Waals surface area contributed by atoms with Crippen LogP contribution in [-0.2, 0) is 0 Å². The third-order valence-corrected chi connectivity index (χ3v) is 1.10. The van der Waals surface area contributed by atoms with Gasteiger partial charge in [-0.3, -0.25) is 0 Å². The topological polar surface area (TPSA) is 20.2 Å². The van der Waals surface area contributed by atoms with E-state index in [1.807, 2.05) is 0 Å². The molecule has 1 unspecified atom stereocenters. The SMILES string of the molecule is CC(C)(C)CC(O)Br. The molecule has 1 N–H and O–H groups in total. The molecule has 0 rings (SSSR count). The second kappa shape index (κ2) is 2.83. The average molecular weight is 181 g/mol. The van der Waals surface area contributed by atoms with Gasteiger partial charge in [0.05, 0.1) is 0 Å². The van der Waals surface area contributed by atoms with Gasteiger partial charge in [0.1, 0.15) is 5.01 Å². The molecular weight excluding hydrogens is 168 g/mol. The summed E-state index contributed by atoms with van der Waals surface area (Å²) in [7, 11) is 0. The molecule has 0 aliphatic heterocycles. The first-order valence-electron chi connectivity index (χ1n) is 2.74. The van der Waals surface area contributed by atoms with Crippen LogP contribution >= 0.6 is 15.9 Å². The summed E-state index contributed by atoms with van der Waals surface area (Å²) in [4.78, 5) is 0. The molecular formula is C6H13BrO. The molecule has 0 aromatic heterocycles. The van der Waals surface area contributed by atoms with Gasteiger partial charge < -0.3 is 5.11 Å². The molecule has 0 spiro atoms. The van der Waals surface area contributed by atoms with Crippen LogP contribution in [0.3, 0.4) is 0 Å². The summed E-state index contributed by atoms with van der Waals surface area (Å²) in [6, 6.07) is 0. The van der Waals surface area contributed by atoms with Crippen LogP contribution in [0.4, 0.5) is 0 Å². The van der Waals surface area contributed by atoms with Crippen molar-refractivity contribution in [1.29, 1.82) is 0 Å². The van der Waals surface area contributed by atoms with E-state index in [9.17, 15) is 0 Å². The second-order valence-electron chi connectivity index (χ2n) is 3.20. The Morgan fingerprint density at radius 2 is 1.88 bits per heavy atom. The Bertz CT molecular complexity index is 63.4. The number of rotatable bonds is 1. The van der Waals surface area contributed by atoms with E-state index in [-0.39, 0.29) is 10.4 Å². The quantitative estimate of drug-likeness (QED) is 0.614. The van der Waals surface area contributed by atoms with Crippen LogP contribution in [0.1, 0.15) is 27.2 Å². The number of hydrogen-bond acceptors (Lipinski definition) is 1. The Kier molecular flexibility index (Phi) is 2.99. The van der Waals surface area contributed by atoms with Crippen LogP contribution < -0.4 is 0 Å². The second-order valence-corrected chi connectivity index (χ2v) is 4.26. The van der Waals surface area contributed by atoms with Gasteiger partial charge in [-0.25, -0.2) is 0 Å². The molecule has 0 amide bonds. The summed E-state index contributed by atoms with van der Waals surface area (Å²) in [5.74, 6) is 0. The van der Waals surface area contributed by atoms with Crippen LogP contribution in [0, 0.1) is 5.41 Å². The van der Waals surface area contributed by atoms with Crippen molar-refractivity contribution >= 4 is 15.9 Å². The molecule has 0 heterocycles. The highest BCUT2D eigenvalue weighted by Gasteiger charge is 2.13. The van der Waals surface area contributed by atoms with Crippen LogP contribution in [-0.4, -0.2) is 10.1 Å². The first-order valence-corrected chi connectivity index (χ1v) is 3.65. The molecule has 8 heavy (non-hydrogen) atoms. The maximum Gasteiger partial charge on any atom is 0.109 e. The minimum absolute atomic E-state index is 0.225. The predicted molar refractivity (Wildman–Crippen MR) is 39.0 cm³/mol. The summed E-state index contributed by atoms with van der Waals surface area (Å²) < 4.78 is 0. The molecule has 0 aromatic carbocycles. The van der Waals surface area contributed by atoms with E-state index in [1.54, 1.807) is 0 Å². The van der Waals surface area contributed by atoms with Gasteiger partial charge in [-0.15, -0.1) is 0 Å². The van der Waals surface area contributed by atoms with Crippen molar-refractivity contribution in [2.24, 2.45) is 5.41 Å². The van der Waals surface area contributed by atoms with Gasteiger partial charge in [-0.2, -0.15) is 0 Å². The molecule has 0 aromatic rings. The molecule has 0 saturated carbocycles. The van der Waals surface area contributed by atoms with E-state index in [1.165, 1.54) is 0 Å². The Hall–Kier alpha value is 0.440. The van der Waals surface area contributed by atoms with Crippen LogP contribution in [0.15, 0.2) is 0 Å². The highest BCUT2D eigenvalue weighted by molar-refractivity contribution is 9.09. The van der Waals surface area contributed by atoms with Gasteiger partial charge in [0.2, 0.25) is 0 Å². The number of aliphatic hydroxyl groups excluding tert-OH is 1. The third-order valence-electron chi connectivity index (χ3n) is 0.781. The molecule has 50 valence electrons. The fraction of sp³-hybridized carbons (Fsp3) is 1.00. The molecule has 2 heteroatoms. The van der Waals surface area contributed by atoms with Crippen molar-refractivity contribution in [3.8, 4) is 0 Å². The fourth-order valence-corrected chi connectivity index (χ4v) is 1.48. The zero-order chi connectivity index (χ0) is 6.78. The molecule has 0 aliphatic carbocycles. The number of halogens is 1. The Morgan fingerprint density at radius 3 is 1.88 bits per heavy atom. The van der Waals surface area contributed by atoms with Crippen LogP contribution in [0.5, 0.6) is 0 Å². The zero-order valence-electron chi connectivity index (χ0n) is 5.61. The van der Waals surface area contributed by atoms with Crippen molar-refractivity contribution in [2.45, 2.75) is 32.2 Å². The summed E-state index contributed by atoms with van der Waals surface area (Å²) in [6.07, 6.45) is 0.799. The van der Waals surface area contributed by atoms with Gasteiger partial charge in [-0.1, -0.05) is 36.7 Å². The third kappa shape index (κ3) is 6.44. The van der Waals surface area contributed by atoms with Crippen molar-refractivity contribution in [1.82, 2.24) is 0 Å². The summed E-state index contributed by atoms with van der Waals surface area (Å²) in [5, 5.41) is 8.46. The zero-order valence-corrected chi connectivity index (χ0v) is 7.20. The lowest BCUT2D eigenvalue weighted by Crippen LogP contribution is -2.11. The highest BCUT2D eigenvalue weighted by atomic mass is 79.9. The Labute approximate surface area is 59.2 Å². The van der Waals surface area contributed by atoms with Crippen molar-refractivity contribution in [3.63, 3.8) is 0 Å². The van der Waals surface area contributed by atoms with Crippen molar-refractivity contribution in [3.05, 3.63) is 0 Å². The van der Waals surface area contributed by atoms with E-state index < -0.39 is 0 Å². The van der Waals surface area contributed by atoms with Gasteiger partial charge in [-0.05, 0) is 11.8 Å². The minimum atomic E-state index is -0.345. The largest absolute Gasteiger partial charge is 0.382 e. The predicted octanol–water partition coefficient (Wildman–Crippen LogP) is 2.14. The average Bonchev–Trinajstić information content (AvgIpc) is 1.21. The van der Waals surface area contributed by atoms with Crippen molar-refractivity contribution in [2.75, 3.05) is 0 Å². The molecule has 0 bridgehead atoms. The standard InChI is InChI=1S/C6H13BrO/c1-6(2,3)4-5(7)8/h5,8H,4H2,1-3H3. The maximum atomic E-state index is 8.80. The first-order chi connectivity index (χ1) is 3.42. The van der Waals surface area contributed by atoms with E-state index in [0.29, 0.717) is 0 Å². The Balaban J connectivity index is 3.39. The van der Waals surface area contributed by atoms with Crippen LogP contribution in [0.25, 0.3) is 0 Å².